The largest absolute Gasteiger partial charge is 0.371 e. The first-order chi connectivity index (χ1) is 19.4. The van der Waals surface area contributed by atoms with Crippen molar-refractivity contribution in [3.05, 3.63) is 24.3 Å². The number of ether oxygens (including phenoxy) is 1. The Bertz CT molecular complexity index is 1020. The van der Waals surface area contributed by atoms with Crippen molar-refractivity contribution in [3.8, 4) is 0 Å². The molecule has 0 amide bonds. The van der Waals surface area contributed by atoms with Gasteiger partial charge in [0, 0.05) is 35.7 Å². The summed E-state index contributed by atoms with van der Waals surface area (Å²) in [5.41, 5.74) is 2.48. The van der Waals surface area contributed by atoms with Gasteiger partial charge in [0.2, 0.25) is 0 Å². The van der Waals surface area contributed by atoms with Gasteiger partial charge in [-0.25, -0.2) is 0 Å². The minimum atomic E-state index is 0.433. The topological polar surface area (TPSA) is 21.7 Å². The predicted octanol–water partition coefficient (Wildman–Crippen LogP) is 9.40. The molecule has 1 aromatic rings. The van der Waals surface area contributed by atoms with Gasteiger partial charge in [-0.3, -0.25) is 0 Å². The van der Waals surface area contributed by atoms with Crippen molar-refractivity contribution >= 4 is 17.7 Å². The molecule has 7 unspecified atom stereocenters. The lowest BCUT2D eigenvalue weighted by molar-refractivity contribution is -0.138. The number of nitrogens with zero attached hydrogens (tertiary/aromatic N) is 1. The third kappa shape index (κ3) is 4.79. The highest BCUT2D eigenvalue weighted by atomic mass is 32.2. The van der Waals surface area contributed by atoms with E-state index in [0.29, 0.717) is 29.0 Å². The molecule has 4 heteroatoms. The van der Waals surface area contributed by atoms with E-state index < -0.39 is 0 Å². The first kappa shape index (κ1) is 28.1. The number of rotatable bonds is 7. The monoisotopic (exact) mass is 565 g/mol. The van der Waals surface area contributed by atoms with Gasteiger partial charge in [0.1, 0.15) is 0 Å². The quantitative estimate of drug-likeness (QED) is 0.307. The lowest BCUT2D eigenvalue weighted by Crippen LogP contribution is -2.55. The van der Waals surface area contributed by atoms with E-state index >= 15 is 0 Å². The Hall–Kier alpha value is -0.710. The molecular formula is C36H55NO2S. The summed E-state index contributed by atoms with van der Waals surface area (Å²) in [7, 11) is 0. The molecule has 40 heavy (non-hydrogen) atoms. The Balaban J connectivity index is 0.957. The summed E-state index contributed by atoms with van der Waals surface area (Å²) >= 11 is 1.59. The van der Waals surface area contributed by atoms with Gasteiger partial charge < -0.3 is 13.8 Å². The van der Waals surface area contributed by atoms with Crippen LogP contribution in [0.2, 0.25) is 0 Å². The van der Waals surface area contributed by atoms with Gasteiger partial charge in [-0.05, 0) is 134 Å². The number of fused-ring (bicyclic) bond motifs is 7. The molecule has 4 aliphatic carbocycles. The summed E-state index contributed by atoms with van der Waals surface area (Å²) in [6.45, 7) is 13.4. The van der Waals surface area contributed by atoms with E-state index in [-0.39, 0.29) is 0 Å². The molecule has 2 saturated heterocycles. The highest BCUT2D eigenvalue weighted by Crippen LogP contribution is 2.69. The zero-order valence-electron chi connectivity index (χ0n) is 25.8. The average molecular weight is 566 g/mol. The molecule has 0 N–H and O–H groups in total. The molecule has 0 radical (unpaired) electrons. The first-order valence-electron chi connectivity index (χ1n) is 17.2. The highest BCUT2D eigenvalue weighted by Gasteiger charge is 2.61. The van der Waals surface area contributed by atoms with Crippen LogP contribution in [0.1, 0.15) is 105 Å². The van der Waals surface area contributed by atoms with Crippen molar-refractivity contribution in [2.24, 2.45) is 52.3 Å². The Kier molecular flexibility index (Phi) is 7.79. The maximum atomic E-state index is 6.36. The van der Waals surface area contributed by atoms with Crippen LogP contribution in [0.25, 0.3) is 0 Å². The Morgan fingerprint density at radius 1 is 0.900 bits per heavy atom. The van der Waals surface area contributed by atoms with Crippen LogP contribution in [0.15, 0.2) is 29.2 Å². The van der Waals surface area contributed by atoms with Crippen LogP contribution in [0, 0.1) is 52.3 Å². The van der Waals surface area contributed by atoms with Crippen LogP contribution in [-0.2, 0) is 8.92 Å². The van der Waals surface area contributed by atoms with E-state index in [9.17, 15) is 0 Å². The summed E-state index contributed by atoms with van der Waals surface area (Å²) in [6.07, 6.45) is 18.1. The Morgan fingerprint density at radius 2 is 1.65 bits per heavy atom. The summed E-state index contributed by atoms with van der Waals surface area (Å²) in [5.74, 6) is 6.36. The average Bonchev–Trinajstić information content (AvgIpc) is 3.50. The molecule has 7 rings (SSSR count). The second-order valence-corrected chi connectivity index (χ2v) is 16.4. The van der Waals surface area contributed by atoms with Gasteiger partial charge in [-0.15, -0.1) is 0 Å². The molecule has 3 nitrogen and oxygen atoms in total. The van der Waals surface area contributed by atoms with Gasteiger partial charge in [-0.2, -0.15) is 0 Å². The standard InChI is InChI=1S/C36H55NO2S/c1-5-25-20-30-33-16-15-31(36(33,4)19-17-34(30)35(3)18-7-6-8-32(25)35)24(2)23-38-40-29-13-9-26(10-14-29)37-21-27-11-12-28(22-37)39-27/h9-10,13-14,24-25,27-28,30-34H,5-8,11-12,15-23H2,1-4H3/t24-,25+,27?,28?,30?,31-,32?,33?,34+,35?,36?/m1/s1. The van der Waals surface area contributed by atoms with E-state index in [4.69, 9.17) is 8.92 Å². The van der Waals surface area contributed by atoms with Gasteiger partial charge in [0.25, 0.3) is 0 Å². The summed E-state index contributed by atoms with van der Waals surface area (Å²) in [6, 6.07) is 9.07. The molecule has 6 aliphatic rings. The highest BCUT2D eigenvalue weighted by molar-refractivity contribution is 7.94. The van der Waals surface area contributed by atoms with E-state index in [1.165, 1.54) is 87.6 Å². The molecule has 1 aromatic carbocycles. The molecule has 6 fully saturated rings. The fraction of sp³-hybridized carbons (Fsp3) is 0.833. The van der Waals surface area contributed by atoms with Gasteiger partial charge in [0.05, 0.1) is 18.8 Å². The fourth-order valence-electron chi connectivity index (χ4n) is 11.9. The second-order valence-electron chi connectivity index (χ2n) is 15.6. The predicted molar refractivity (Wildman–Crippen MR) is 167 cm³/mol. The number of benzene rings is 1. The van der Waals surface area contributed by atoms with Crippen LogP contribution >= 0.6 is 12.0 Å². The normalized spacial score (nSPS) is 45.0. The third-order valence-corrected chi connectivity index (χ3v) is 14.5. The van der Waals surface area contributed by atoms with Crippen LogP contribution in [0.4, 0.5) is 5.69 Å². The van der Waals surface area contributed by atoms with Crippen LogP contribution in [0.5, 0.6) is 0 Å². The van der Waals surface area contributed by atoms with Crippen molar-refractivity contribution in [3.63, 3.8) is 0 Å². The molecule has 0 spiro atoms. The number of hydrogen-bond donors (Lipinski definition) is 0. The van der Waals surface area contributed by atoms with Gasteiger partial charge in [0.15, 0.2) is 0 Å². The smallest absolute Gasteiger partial charge is 0.0755 e. The first-order valence-corrected chi connectivity index (χ1v) is 17.9. The fourth-order valence-corrected chi connectivity index (χ4v) is 12.5. The van der Waals surface area contributed by atoms with Crippen LogP contribution in [-0.4, -0.2) is 31.9 Å². The maximum absolute atomic E-state index is 6.36. The number of morpholine rings is 1. The molecule has 11 atom stereocenters. The minimum Gasteiger partial charge on any atom is -0.371 e. The van der Waals surface area contributed by atoms with E-state index in [1.807, 2.05) is 0 Å². The Labute approximate surface area is 249 Å². The van der Waals surface area contributed by atoms with Crippen molar-refractivity contribution in [1.82, 2.24) is 0 Å². The second kappa shape index (κ2) is 11.1. The molecule has 0 aromatic heterocycles. The van der Waals surface area contributed by atoms with Crippen molar-refractivity contribution in [2.45, 2.75) is 122 Å². The minimum absolute atomic E-state index is 0.433. The Morgan fingerprint density at radius 3 is 2.40 bits per heavy atom. The summed E-state index contributed by atoms with van der Waals surface area (Å²) < 4.78 is 12.4. The SMILES string of the molecule is CC[C@H]1CC2C3CC[C@H]([C@H](C)COSc4ccc(N5CC6CCC(C5)O6)cc4)C3(C)CC[C@@H]2C2(C)CCCCC12. The van der Waals surface area contributed by atoms with E-state index in [2.05, 4.69) is 56.9 Å². The van der Waals surface area contributed by atoms with E-state index in [1.54, 1.807) is 12.0 Å². The van der Waals surface area contributed by atoms with Crippen molar-refractivity contribution in [2.75, 3.05) is 24.6 Å². The molecule has 2 aliphatic heterocycles. The van der Waals surface area contributed by atoms with Crippen LogP contribution in [0.3, 0.4) is 0 Å². The summed E-state index contributed by atoms with van der Waals surface area (Å²) in [4.78, 5) is 3.74. The number of anilines is 1. The number of hydrogen-bond acceptors (Lipinski definition) is 4. The van der Waals surface area contributed by atoms with E-state index in [0.717, 1.165) is 55.2 Å². The van der Waals surface area contributed by atoms with Crippen LogP contribution < -0.4 is 4.90 Å². The van der Waals surface area contributed by atoms with Gasteiger partial charge in [-0.1, -0.05) is 47.0 Å². The third-order valence-electron chi connectivity index (χ3n) is 13.8. The molecule has 4 saturated carbocycles. The molecule has 2 heterocycles. The molecule has 2 bridgehead atoms. The maximum Gasteiger partial charge on any atom is 0.0755 e. The zero-order chi connectivity index (χ0) is 27.5. The van der Waals surface area contributed by atoms with Gasteiger partial charge >= 0.3 is 0 Å². The van der Waals surface area contributed by atoms with Crippen molar-refractivity contribution < 1.29 is 8.92 Å². The lowest BCUT2D eigenvalue weighted by atomic mass is 9.42. The van der Waals surface area contributed by atoms with Crippen molar-refractivity contribution in [1.29, 1.82) is 0 Å². The zero-order valence-corrected chi connectivity index (χ0v) is 26.6. The summed E-state index contributed by atoms with van der Waals surface area (Å²) in [5, 5.41) is 0. The molecule has 222 valence electrons. The lowest BCUT2D eigenvalue weighted by Gasteiger charge is -2.63. The molecular weight excluding hydrogens is 510 g/mol.